The number of halogens is 2. The molecule has 0 bridgehead atoms. The molecule has 4 nitrogen and oxygen atoms in total. The van der Waals surface area contributed by atoms with Gasteiger partial charge in [0, 0.05) is 28.8 Å². The first-order valence-electron chi connectivity index (χ1n) is 5.33. The lowest BCUT2D eigenvalue weighted by atomic mass is 10.4. The predicted octanol–water partition coefficient (Wildman–Crippen LogP) is 2.83. The third-order valence-corrected chi connectivity index (χ3v) is 8.58. The summed E-state index contributed by atoms with van der Waals surface area (Å²) in [6.07, 6.45) is 1.18. The zero-order valence-corrected chi connectivity index (χ0v) is 15.6. The van der Waals surface area contributed by atoms with Gasteiger partial charge in [-0.3, -0.25) is 4.79 Å². The molecular weight excluding hydrogens is 438 g/mol. The number of hydrogen-bond acceptors (Lipinski definition) is 5. The van der Waals surface area contributed by atoms with E-state index in [1.807, 2.05) is 0 Å². The minimum absolute atomic E-state index is 0.216. The second-order valence-corrected chi connectivity index (χ2v) is 10.7. The van der Waals surface area contributed by atoms with Gasteiger partial charge in [-0.05, 0) is 37.9 Å². The molecule has 9 heteroatoms. The molecule has 1 aromatic rings. The minimum Gasteiger partial charge on any atom is -0.319 e. The summed E-state index contributed by atoms with van der Waals surface area (Å²) >= 11 is 9.55. The number of thiophene rings is 1. The van der Waals surface area contributed by atoms with Gasteiger partial charge < -0.3 is 4.90 Å². The summed E-state index contributed by atoms with van der Waals surface area (Å²) in [4.78, 5) is 14.5. The number of sulfone groups is 1. The number of carbonyl (C=O) groups is 1. The van der Waals surface area contributed by atoms with Crippen LogP contribution in [0.15, 0.2) is 14.3 Å². The Bertz CT molecular complexity index is 580. The first-order valence-corrected chi connectivity index (χ1v) is 10.8. The van der Waals surface area contributed by atoms with Crippen LogP contribution in [-0.4, -0.2) is 48.9 Å². The standard InChI is InChI=1S/C10H11Br2NO3S3/c1-19(15,16)8-5-17-3-2-13(8)10(14)7-4-6(11)9(12)18-7/h4,8H,2-3,5H2,1H3. The molecule has 1 aliphatic rings. The van der Waals surface area contributed by atoms with Crippen molar-refractivity contribution in [3.8, 4) is 0 Å². The van der Waals surface area contributed by atoms with E-state index in [1.165, 1.54) is 22.5 Å². The van der Waals surface area contributed by atoms with E-state index in [2.05, 4.69) is 31.9 Å². The molecule has 0 N–H and O–H groups in total. The molecule has 0 radical (unpaired) electrons. The Morgan fingerprint density at radius 2 is 2.16 bits per heavy atom. The van der Waals surface area contributed by atoms with Crippen LogP contribution in [0.1, 0.15) is 9.67 Å². The van der Waals surface area contributed by atoms with E-state index in [0.29, 0.717) is 17.2 Å². The number of nitrogens with zero attached hydrogens (tertiary/aromatic N) is 1. The molecule has 2 heterocycles. The second kappa shape index (κ2) is 6.05. The number of rotatable bonds is 2. The number of hydrogen-bond donors (Lipinski definition) is 0. The molecule has 0 aromatic carbocycles. The topological polar surface area (TPSA) is 54.5 Å². The zero-order valence-electron chi connectivity index (χ0n) is 9.93. The highest BCUT2D eigenvalue weighted by Crippen LogP contribution is 2.34. The molecular formula is C10H11Br2NO3S3. The minimum atomic E-state index is -3.27. The van der Waals surface area contributed by atoms with E-state index in [1.54, 1.807) is 17.8 Å². The van der Waals surface area contributed by atoms with E-state index in [4.69, 9.17) is 0 Å². The molecule has 19 heavy (non-hydrogen) atoms. The summed E-state index contributed by atoms with van der Waals surface area (Å²) < 4.78 is 25.2. The van der Waals surface area contributed by atoms with Crippen molar-refractivity contribution in [1.82, 2.24) is 4.90 Å². The Morgan fingerprint density at radius 1 is 1.47 bits per heavy atom. The van der Waals surface area contributed by atoms with Gasteiger partial charge in [0.15, 0.2) is 9.84 Å². The van der Waals surface area contributed by atoms with Crippen molar-refractivity contribution >= 4 is 70.7 Å². The van der Waals surface area contributed by atoms with Gasteiger partial charge in [0.2, 0.25) is 0 Å². The van der Waals surface area contributed by atoms with E-state index in [9.17, 15) is 13.2 Å². The van der Waals surface area contributed by atoms with E-state index in [0.717, 1.165) is 14.0 Å². The lowest BCUT2D eigenvalue weighted by Gasteiger charge is -2.33. The van der Waals surface area contributed by atoms with Crippen LogP contribution in [0.3, 0.4) is 0 Å². The van der Waals surface area contributed by atoms with Crippen LogP contribution in [0.25, 0.3) is 0 Å². The fourth-order valence-electron chi connectivity index (χ4n) is 1.76. The highest BCUT2D eigenvalue weighted by Gasteiger charge is 2.35. The molecule has 106 valence electrons. The Kier molecular flexibility index (Phi) is 5.03. The highest BCUT2D eigenvalue weighted by molar-refractivity contribution is 9.13. The van der Waals surface area contributed by atoms with Gasteiger partial charge in [0.1, 0.15) is 5.37 Å². The highest BCUT2D eigenvalue weighted by atomic mass is 79.9. The summed E-state index contributed by atoms with van der Waals surface area (Å²) in [5.74, 6) is 0.996. The number of thioether (sulfide) groups is 1. The Morgan fingerprint density at radius 3 is 2.68 bits per heavy atom. The third-order valence-electron chi connectivity index (χ3n) is 2.70. The average molecular weight is 449 g/mol. The summed E-state index contributed by atoms with van der Waals surface area (Å²) in [5.41, 5.74) is 0. The van der Waals surface area contributed by atoms with Crippen LogP contribution in [0.5, 0.6) is 0 Å². The lowest BCUT2D eigenvalue weighted by molar-refractivity contribution is 0.0754. The van der Waals surface area contributed by atoms with Gasteiger partial charge >= 0.3 is 0 Å². The van der Waals surface area contributed by atoms with Crippen molar-refractivity contribution in [2.45, 2.75) is 5.37 Å². The third kappa shape index (κ3) is 3.55. The summed E-state index contributed by atoms with van der Waals surface area (Å²) in [6, 6.07) is 1.72. The van der Waals surface area contributed by atoms with Gasteiger partial charge in [0.25, 0.3) is 5.91 Å². The molecule has 1 amide bonds. The van der Waals surface area contributed by atoms with Gasteiger partial charge in [-0.15, -0.1) is 11.3 Å². The van der Waals surface area contributed by atoms with Crippen LogP contribution in [-0.2, 0) is 9.84 Å². The Balaban J connectivity index is 2.30. The SMILES string of the molecule is CS(=O)(=O)C1CSCCN1C(=O)c1cc(Br)c(Br)s1. The summed E-state index contributed by atoms with van der Waals surface area (Å²) in [6.45, 7) is 0.467. The average Bonchev–Trinajstić information content (AvgIpc) is 2.68. The van der Waals surface area contributed by atoms with Gasteiger partial charge in [0.05, 0.1) is 8.66 Å². The molecule has 1 aliphatic heterocycles. The number of carbonyl (C=O) groups excluding carboxylic acids is 1. The second-order valence-electron chi connectivity index (χ2n) is 4.09. The smallest absolute Gasteiger partial charge is 0.265 e. The Labute approximate surface area is 137 Å². The molecule has 1 fully saturated rings. The molecule has 1 saturated heterocycles. The maximum absolute atomic E-state index is 12.4. The molecule has 2 rings (SSSR count). The van der Waals surface area contributed by atoms with Crippen molar-refractivity contribution in [3.63, 3.8) is 0 Å². The largest absolute Gasteiger partial charge is 0.319 e. The van der Waals surface area contributed by atoms with Crippen molar-refractivity contribution < 1.29 is 13.2 Å². The maximum atomic E-state index is 12.4. The van der Waals surface area contributed by atoms with Gasteiger partial charge in [-0.1, -0.05) is 0 Å². The molecule has 0 saturated carbocycles. The maximum Gasteiger partial charge on any atom is 0.265 e. The van der Waals surface area contributed by atoms with Gasteiger partial charge in [-0.2, -0.15) is 11.8 Å². The van der Waals surface area contributed by atoms with Crippen molar-refractivity contribution in [3.05, 3.63) is 19.2 Å². The zero-order chi connectivity index (χ0) is 14.2. The predicted molar refractivity (Wildman–Crippen MR) is 86.7 cm³/mol. The number of amides is 1. The molecule has 1 atom stereocenters. The quantitative estimate of drug-likeness (QED) is 0.697. The fourth-order valence-corrected chi connectivity index (χ4v) is 6.57. The van der Waals surface area contributed by atoms with Crippen molar-refractivity contribution in [2.24, 2.45) is 0 Å². The van der Waals surface area contributed by atoms with E-state index >= 15 is 0 Å². The fraction of sp³-hybridized carbons (Fsp3) is 0.500. The van der Waals surface area contributed by atoms with Crippen LogP contribution in [0, 0.1) is 0 Å². The molecule has 0 aliphatic carbocycles. The van der Waals surface area contributed by atoms with Crippen LogP contribution in [0.2, 0.25) is 0 Å². The van der Waals surface area contributed by atoms with Crippen LogP contribution in [0.4, 0.5) is 0 Å². The molecule has 1 aromatic heterocycles. The van der Waals surface area contributed by atoms with E-state index < -0.39 is 15.2 Å². The van der Waals surface area contributed by atoms with E-state index in [-0.39, 0.29) is 5.91 Å². The first kappa shape index (κ1) is 15.8. The van der Waals surface area contributed by atoms with Crippen LogP contribution >= 0.6 is 55.0 Å². The monoisotopic (exact) mass is 447 g/mol. The Hall–Kier alpha value is 0.430. The van der Waals surface area contributed by atoms with Crippen LogP contribution < -0.4 is 0 Å². The molecule has 1 unspecified atom stereocenters. The van der Waals surface area contributed by atoms with Crippen molar-refractivity contribution in [2.75, 3.05) is 24.3 Å². The lowest BCUT2D eigenvalue weighted by Crippen LogP contribution is -2.49. The van der Waals surface area contributed by atoms with Gasteiger partial charge in [-0.25, -0.2) is 8.42 Å². The first-order chi connectivity index (χ1) is 8.80. The molecule has 0 spiro atoms. The normalized spacial score (nSPS) is 20.6. The van der Waals surface area contributed by atoms with Crippen molar-refractivity contribution in [1.29, 1.82) is 0 Å². The summed E-state index contributed by atoms with van der Waals surface area (Å²) in [7, 11) is -3.27. The summed E-state index contributed by atoms with van der Waals surface area (Å²) in [5, 5.41) is -0.724.